The molecule has 0 saturated carbocycles. The molecule has 0 radical (unpaired) electrons. The molecule has 3 unspecified atom stereocenters. The molecule has 0 fully saturated rings. The topological polar surface area (TPSA) is 105 Å². The number of carbonyl (C=O) groups is 2. The van der Waals surface area contributed by atoms with Gasteiger partial charge in [0.25, 0.3) is 5.91 Å². The summed E-state index contributed by atoms with van der Waals surface area (Å²) in [6, 6.07) is 7.72. The Labute approximate surface area is 130 Å². The van der Waals surface area contributed by atoms with E-state index in [-0.39, 0.29) is 5.92 Å². The van der Waals surface area contributed by atoms with Crippen LogP contribution in [0.1, 0.15) is 32.8 Å². The largest absolute Gasteiger partial charge is 0.481 e. The molecule has 22 heavy (non-hydrogen) atoms. The number of nitrogens with zero attached hydrogens (tertiary/aromatic N) is 1. The van der Waals surface area contributed by atoms with E-state index in [4.69, 9.17) is 15.7 Å². The maximum Gasteiger partial charge on any atom is 0.261 e. The minimum Gasteiger partial charge on any atom is -0.481 e. The van der Waals surface area contributed by atoms with Crippen LogP contribution in [0.5, 0.6) is 5.75 Å². The van der Waals surface area contributed by atoms with Crippen molar-refractivity contribution in [3.63, 3.8) is 0 Å². The van der Waals surface area contributed by atoms with Crippen LogP contribution < -0.4 is 15.8 Å². The van der Waals surface area contributed by atoms with E-state index in [1.807, 2.05) is 19.9 Å². The Bertz CT molecular complexity index is 563. The zero-order valence-corrected chi connectivity index (χ0v) is 13.0. The summed E-state index contributed by atoms with van der Waals surface area (Å²) in [7, 11) is 0. The highest BCUT2D eigenvalue weighted by molar-refractivity contribution is 5.88. The Morgan fingerprint density at radius 2 is 1.91 bits per heavy atom. The lowest BCUT2D eigenvalue weighted by atomic mass is 9.98. The average molecular weight is 303 g/mol. The summed E-state index contributed by atoms with van der Waals surface area (Å²) in [4.78, 5) is 23.5. The molecule has 0 spiro atoms. The molecule has 3 N–H and O–H groups in total. The van der Waals surface area contributed by atoms with Gasteiger partial charge >= 0.3 is 0 Å². The van der Waals surface area contributed by atoms with E-state index in [0.29, 0.717) is 11.3 Å². The minimum atomic E-state index is -0.779. The standard InChI is InChI=1S/C16H21N3O3/c1-4-10(2)14(15(18)20)19-16(21)11(3)22-13-7-5-12(9-17)6-8-13/h5-8,10-11,14H,4H2,1-3H3,(H2,18,20)(H,19,21). The van der Waals surface area contributed by atoms with Crippen LogP contribution in [0.3, 0.4) is 0 Å². The highest BCUT2D eigenvalue weighted by atomic mass is 16.5. The van der Waals surface area contributed by atoms with Crippen LogP contribution >= 0.6 is 0 Å². The van der Waals surface area contributed by atoms with Gasteiger partial charge in [-0.2, -0.15) is 5.26 Å². The monoisotopic (exact) mass is 303 g/mol. The van der Waals surface area contributed by atoms with Crippen LogP contribution in [0.15, 0.2) is 24.3 Å². The highest BCUT2D eigenvalue weighted by Gasteiger charge is 2.26. The first-order chi connectivity index (χ1) is 10.4. The molecule has 0 heterocycles. The number of amides is 2. The Kier molecular flexibility index (Phi) is 6.39. The smallest absolute Gasteiger partial charge is 0.261 e. The van der Waals surface area contributed by atoms with Crippen LogP contribution in [0.25, 0.3) is 0 Å². The Balaban J connectivity index is 2.67. The molecule has 0 saturated heterocycles. The van der Waals surface area contributed by atoms with Gasteiger partial charge in [0.15, 0.2) is 6.10 Å². The van der Waals surface area contributed by atoms with Gasteiger partial charge in [0.2, 0.25) is 5.91 Å². The van der Waals surface area contributed by atoms with Crippen LogP contribution in [0, 0.1) is 17.2 Å². The lowest BCUT2D eigenvalue weighted by molar-refractivity contribution is -0.132. The molecule has 0 bridgehead atoms. The summed E-state index contributed by atoms with van der Waals surface area (Å²) in [5.41, 5.74) is 5.83. The maximum atomic E-state index is 12.1. The number of hydrogen-bond donors (Lipinski definition) is 2. The van der Waals surface area contributed by atoms with Gasteiger partial charge in [-0.05, 0) is 37.1 Å². The van der Waals surface area contributed by atoms with Crippen LogP contribution in [0.2, 0.25) is 0 Å². The summed E-state index contributed by atoms with van der Waals surface area (Å²) in [5, 5.41) is 11.3. The van der Waals surface area contributed by atoms with Crippen molar-refractivity contribution in [3.05, 3.63) is 29.8 Å². The van der Waals surface area contributed by atoms with E-state index >= 15 is 0 Å². The quantitative estimate of drug-likeness (QED) is 0.793. The summed E-state index contributed by atoms with van der Waals surface area (Å²) in [5.74, 6) is -0.550. The van der Waals surface area contributed by atoms with Crippen molar-refractivity contribution in [2.24, 2.45) is 11.7 Å². The molecule has 0 aliphatic rings. The van der Waals surface area contributed by atoms with Crippen LogP contribution in [0.4, 0.5) is 0 Å². The summed E-state index contributed by atoms with van der Waals surface area (Å²) in [6.45, 7) is 5.35. The predicted molar refractivity (Wildman–Crippen MR) is 81.8 cm³/mol. The van der Waals surface area contributed by atoms with Crippen molar-refractivity contribution in [1.29, 1.82) is 5.26 Å². The molecule has 118 valence electrons. The summed E-state index contributed by atoms with van der Waals surface area (Å²) < 4.78 is 5.50. The third-order valence-electron chi connectivity index (χ3n) is 3.48. The van der Waals surface area contributed by atoms with Gasteiger partial charge in [0.1, 0.15) is 11.8 Å². The van der Waals surface area contributed by atoms with Crippen molar-refractivity contribution < 1.29 is 14.3 Å². The van der Waals surface area contributed by atoms with Crippen LogP contribution in [-0.2, 0) is 9.59 Å². The van der Waals surface area contributed by atoms with Gasteiger partial charge in [0, 0.05) is 0 Å². The molecular formula is C16H21N3O3. The fourth-order valence-electron chi connectivity index (χ4n) is 1.87. The zero-order valence-electron chi connectivity index (χ0n) is 13.0. The number of primary amides is 1. The molecule has 1 aromatic carbocycles. The van der Waals surface area contributed by atoms with E-state index in [9.17, 15) is 9.59 Å². The predicted octanol–water partition coefficient (Wildman–Crippen LogP) is 1.34. The number of benzene rings is 1. The molecule has 0 aliphatic carbocycles. The van der Waals surface area contributed by atoms with Gasteiger partial charge < -0.3 is 15.8 Å². The van der Waals surface area contributed by atoms with Crippen LogP contribution in [-0.4, -0.2) is 24.0 Å². The second-order valence-electron chi connectivity index (χ2n) is 5.17. The Morgan fingerprint density at radius 3 is 2.36 bits per heavy atom. The van der Waals surface area contributed by atoms with Crippen molar-refractivity contribution in [3.8, 4) is 11.8 Å². The Hall–Kier alpha value is -2.55. The molecule has 6 heteroatoms. The molecule has 1 rings (SSSR count). The second kappa shape index (κ2) is 8.03. The molecule has 0 aliphatic heterocycles. The van der Waals surface area contributed by atoms with E-state index < -0.39 is 24.0 Å². The number of nitrogens with one attached hydrogen (secondary N) is 1. The van der Waals surface area contributed by atoms with E-state index in [1.54, 1.807) is 31.2 Å². The molecule has 6 nitrogen and oxygen atoms in total. The number of hydrogen-bond acceptors (Lipinski definition) is 4. The normalized spacial score (nSPS) is 14.3. The van der Waals surface area contributed by atoms with Crippen molar-refractivity contribution >= 4 is 11.8 Å². The number of ether oxygens (including phenoxy) is 1. The molecule has 2 amide bonds. The third-order valence-corrected chi connectivity index (χ3v) is 3.48. The number of nitrogens with two attached hydrogens (primary N) is 1. The maximum absolute atomic E-state index is 12.1. The summed E-state index contributed by atoms with van der Waals surface area (Å²) >= 11 is 0. The van der Waals surface area contributed by atoms with E-state index in [0.717, 1.165) is 6.42 Å². The first-order valence-corrected chi connectivity index (χ1v) is 7.15. The first kappa shape index (κ1) is 17.5. The highest BCUT2D eigenvalue weighted by Crippen LogP contribution is 2.14. The van der Waals surface area contributed by atoms with Gasteiger partial charge in [-0.3, -0.25) is 9.59 Å². The minimum absolute atomic E-state index is 0.0523. The number of carbonyl (C=O) groups excluding carboxylic acids is 2. The van der Waals surface area contributed by atoms with Crippen molar-refractivity contribution in [1.82, 2.24) is 5.32 Å². The molecule has 0 aromatic heterocycles. The fraction of sp³-hybridized carbons (Fsp3) is 0.438. The van der Waals surface area contributed by atoms with Gasteiger partial charge in [-0.25, -0.2) is 0 Å². The lowest BCUT2D eigenvalue weighted by Crippen LogP contribution is -2.51. The first-order valence-electron chi connectivity index (χ1n) is 7.15. The number of nitriles is 1. The molecule has 1 aromatic rings. The average Bonchev–Trinajstić information content (AvgIpc) is 2.51. The number of rotatable bonds is 7. The summed E-state index contributed by atoms with van der Waals surface area (Å²) in [6.07, 6.45) is -0.0579. The third kappa shape index (κ3) is 4.77. The zero-order chi connectivity index (χ0) is 16.7. The van der Waals surface area contributed by atoms with Gasteiger partial charge in [-0.15, -0.1) is 0 Å². The van der Waals surface area contributed by atoms with Gasteiger partial charge in [-0.1, -0.05) is 20.3 Å². The van der Waals surface area contributed by atoms with E-state index in [2.05, 4.69) is 5.32 Å². The van der Waals surface area contributed by atoms with Crippen molar-refractivity contribution in [2.75, 3.05) is 0 Å². The van der Waals surface area contributed by atoms with E-state index in [1.165, 1.54) is 0 Å². The van der Waals surface area contributed by atoms with Crippen molar-refractivity contribution in [2.45, 2.75) is 39.3 Å². The van der Waals surface area contributed by atoms with Gasteiger partial charge in [0.05, 0.1) is 11.6 Å². The Morgan fingerprint density at radius 1 is 1.32 bits per heavy atom. The molecular weight excluding hydrogens is 282 g/mol. The molecule has 3 atom stereocenters. The fourth-order valence-corrected chi connectivity index (χ4v) is 1.87. The second-order valence-corrected chi connectivity index (χ2v) is 5.17. The lowest BCUT2D eigenvalue weighted by Gasteiger charge is -2.23. The SMILES string of the molecule is CCC(C)C(NC(=O)C(C)Oc1ccc(C#N)cc1)C(N)=O.